The number of nitrogens with zero attached hydrogens (tertiary/aromatic N) is 1. The average Bonchev–Trinajstić information content (AvgIpc) is 3.15. The molecule has 0 spiro atoms. The Bertz CT molecular complexity index is 813. The molecule has 0 aliphatic rings. The SMILES string of the molecule is CNC(=O)Cc1cccc(COc2ccccc2-c2c[nH]cn2)c1. The number of hydrogen-bond acceptors (Lipinski definition) is 3. The van der Waals surface area contributed by atoms with Crippen LogP contribution in [0.15, 0.2) is 61.1 Å². The minimum atomic E-state index is -0.00283. The molecule has 1 heterocycles. The Balaban J connectivity index is 1.73. The largest absolute Gasteiger partial charge is 0.488 e. The molecular weight excluding hydrogens is 302 g/mol. The Hall–Kier alpha value is -3.08. The van der Waals surface area contributed by atoms with Crippen LogP contribution in [-0.4, -0.2) is 22.9 Å². The van der Waals surface area contributed by atoms with E-state index >= 15 is 0 Å². The zero-order chi connectivity index (χ0) is 16.8. The van der Waals surface area contributed by atoms with Gasteiger partial charge in [-0.1, -0.05) is 36.4 Å². The van der Waals surface area contributed by atoms with Crippen molar-refractivity contribution in [2.75, 3.05) is 7.05 Å². The number of para-hydroxylation sites is 1. The summed E-state index contributed by atoms with van der Waals surface area (Å²) >= 11 is 0. The van der Waals surface area contributed by atoms with Crippen molar-refractivity contribution in [2.45, 2.75) is 13.0 Å². The monoisotopic (exact) mass is 321 g/mol. The van der Waals surface area contributed by atoms with Crippen LogP contribution in [0.3, 0.4) is 0 Å². The van der Waals surface area contributed by atoms with Gasteiger partial charge in [0.1, 0.15) is 12.4 Å². The van der Waals surface area contributed by atoms with Crippen molar-refractivity contribution >= 4 is 5.91 Å². The predicted octanol–water partition coefficient (Wildman–Crippen LogP) is 2.94. The van der Waals surface area contributed by atoms with E-state index in [0.29, 0.717) is 13.0 Å². The molecule has 0 fully saturated rings. The molecule has 0 aliphatic heterocycles. The number of aromatic nitrogens is 2. The lowest BCUT2D eigenvalue weighted by molar-refractivity contribution is -0.119. The van der Waals surface area contributed by atoms with Crippen LogP contribution in [-0.2, 0) is 17.8 Å². The zero-order valence-electron chi connectivity index (χ0n) is 13.5. The number of carbonyl (C=O) groups excluding carboxylic acids is 1. The summed E-state index contributed by atoms with van der Waals surface area (Å²) in [5.41, 5.74) is 3.78. The number of aromatic amines is 1. The average molecular weight is 321 g/mol. The van der Waals surface area contributed by atoms with Gasteiger partial charge < -0.3 is 15.0 Å². The lowest BCUT2D eigenvalue weighted by atomic mass is 10.1. The number of H-pyrrole nitrogens is 1. The first kappa shape index (κ1) is 15.8. The maximum Gasteiger partial charge on any atom is 0.224 e. The highest BCUT2D eigenvalue weighted by Gasteiger charge is 2.08. The fourth-order valence-corrected chi connectivity index (χ4v) is 2.48. The molecule has 0 saturated heterocycles. The van der Waals surface area contributed by atoms with Crippen LogP contribution in [0.4, 0.5) is 0 Å². The molecule has 3 rings (SSSR count). The number of hydrogen-bond donors (Lipinski definition) is 2. The fraction of sp³-hybridized carbons (Fsp3) is 0.158. The van der Waals surface area contributed by atoms with Crippen LogP contribution in [0, 0.1) is 0 Å². The molecule has 0 aliphatic carbocycles. The number of nitrogens with one attached hydrogen (secondary N) is 2. The van der Waals surface area contributed by atoms with E-state index in [9.17, 15) is 4.79 Å². The van der Waals surface area contributed by atoms with E-state index in [0.717, 1.165) is 28.1 Å². The highest BCUT2D eigenvalue weighted by Crippen LogP contribution is 2.28. The second-order valence-corrected chi connectivity index (χ2v) is 5.41. The van der Waals surface area contributed by atoms with Crippen molar-refractivity contribution < 1.29 is 9.53 Å². The number of amides is 1. The molecule has 2 aromatic carbocycles. The minimum absolute atomic E-state index is 0.00283. The van der Waals surface area contributed by atoms with Gasteiger partial charge in [-0.15, -0.1) is 0 Å². The molecule has 2 N–H and O–H groups in total. The third-order valence-electron chi connectivity index (χ3n) is 3.69. The van der Waals surface area contributed by atoms with Gasteiger partial charge in [0.05, 0.1) is 18.4 Å². The van der Waals surface area contributed by atoms with Crippen molar-refractivity contribution in [1.29, 1.82) is 0 Å². The molecule has 1 aromatic heterocycles. The Kier molecular flexibility index (Phi) is 4.91. The topological polar surface area (TPSA) is 67.0 Å². The Morgan fingerprint density at radius 2 is 2.00 bits per heavy atom. The molecule has 0 bridgehead atoms. The first-order valence-corrected chi connectivity index (χ1v) is 7.75. The van der Waals surface area contributed by atoms with E-state index in [1.54, 1.807) is 13.4 Å². The van der Waals surface area contributed by atoms with E-state index < -0.39 is 0 Å². The summed E-state index contributed by atoms with van der Waals surface area (Å²) in [6, 6.07) is 15.7. The lowest BCUT2D eigenvalue weighted by Gasteiger charge is -2.11. The van der Waals surface area contributed by atoms with Crippen LogP contribution in [0.25, 0.3) is 11.3 Å². The zero-order valence-corrected chi connectivity index (χ0v) is 13.5. The van der Waals surface area contributed by atoms with Crippen molar-refractivity contribution in [3.05, 3.63) is 72.2 Å². The van der Waals surface area contributed by atoms with Crippen LogP contribution in [0.1, 0.15) is 11.1 Å². The molecule has 1 amide bonds. The summed E-state index contributed by atoms with van der Waals surface area (Å²) in [4.78, 5) is 18.7. The van der Waals surface area contributed by atoms with Gasteiger partial charge in [0.15, 0.2) is 0 Å². The van der Waals surface area contributed by atoms with E-state index in [2.05, 4.69) is 15.3 Å². The van der Waals surface area contributed by atoms with Crippen molar-refractivity contribution in [2.24, 2.45) is 0 Å². The fourth-order valence-electron chi connectivity index (χ4n) is 2.48. The molecule has 3 aromatic rings. The first-order chi connectivity index (χ1) is 11.8. The molecule has 24 heavy (non-hydrogen) atoms. The molecule has 5 nitrogen and oxygen atoms in total. The highest BCUT2D eigenvalue weighted by atomic mass is 16.5. The van der Waals surface area contributed by atoms with Gasteiger partial charge in [-0.3, -0.25) is 4.79 Å². The van der Waals surface area contributed by atoms with Crippen molar-refractivity contribution in [1.82, 2.24) is 15.3 Å². The third-order valence-corrected chi connectivity index (χ3v) is 3.69. The maximum atomic E-state index is 11.5. The summed E-state index contributed by atoms with van der Waals surface area (Å²) in [6.45, 7) is 0.434. The van der Waals surface area contributed by atoms with E-state index in [1.807, 2.05) is 54.7 Å². The van der Waals surface area contributed by atoms with Crippen LogP contribution in [0.5, 0.6) is 5.75 Å². The molecule has 0 radical (unpaired) electrons. The standard InChI is InChI=1S/C19H19N3O2/c1-20-19(23)10-14-5-4-6-15(9-14)12-24-18-8-3-2-7-16(18)17-11-21-13-22-17/h2-9,11,13H,10,12H2,1H3,(H,20,23)(H,21,22). The molecule has 122 valence electrons. The summed E-state index contributed by atoms with van der Waals surface area (Å²) in [7, 11) is 1.64. The van der Waals surface area contributed by atoms with Gasteiger partial charge in [-0.05, 0) is 23.3 Å². The van der Waals surface area contributed by atoms with E-state index in [-0.39, 0.29) is 5.91 Å². The maximum absolute atomic E-state index is 11.5. The predicted molar refractivity (Wildman–Crippen MR) is 92.6 cm³/mol. The van der Waals surface area contributed by atoms with Gasteiger partial charge in [0.25, 0.3) is 0 Å². The molecule has 0 atom stereocenters. The summed E-state index contributed by atoms with van der Waals surface area (Å²) in [5.74, 6) is 0.776. The Morgan fingerprint density at radius 1 is 1.17 bits per heavy atom. The number of likely N-dealkylation sites (N-methyl/N-ethyl adjacent to an activating group) is 1. The van der Waals surface area contributed by atoms with Crippen LogP contribution < -0.4 is 10.1 Å². The van der Waals surface area contributed by atoms with Crippen LogP contribution >= 0.6 is 0 Å². The third kappa shape index (κ3) is 3.81. The molecular formula is C19H19N3O2. The number of carbonyl (C=O) groups is 1. The quantitative estimate of drug-likeness (QED) is 0.733. The number of rotatable bonds is 6. The summed E-state index contributed by atoms with van der Waals surface area (Å²) < 4.78 is 5.98. The second-order valence-electron chi connectivity index (χ2n) is 5.41. The van der Waals surface area contributed by atoms with Crippen LogP contribution in [0.2, 0.25) is 0 Å². The molecule has 5 heteroatoms. The van der Waals surface area contributed by atoms with E-state index in [4.69, 9.17) is 4.74 Å². The molecule has 0 unspecified atom stereocenters. The van der Waals surface area contributed by atoms with Gasteiger partial charge in [-0.25, -0.2) is 4.98 Å². The molecule has 0 saturated carbocycles. The number of imidazole rings is 1. The first-order valence-electron chi connectivity index (χ1n) is 7.75. The van der Waals surface area contributed by atoms with Crippen molar-refractivity contribution in [3.63, 3.8) is 0 Å². The highest BCUT2D eigenvalue weighted by molar-refractivity contribution is 5.78. The Morgan fingerprint density at radius 3 is 2.79 bits per heavy atom. The smallest absolute Gasteiger partial charge is 0.224 e. The number of benzene rings is 2. The minimum Gasteiger partial charge on any atom is -0.488 e. The number of ether oxygens (including phenoxy) is 1. The van der Waals surface area contributed by atoms with Gasteiger partial charge in [-0.2, -0.15) is 0 Å². The van der Waals surface area contributed by atoms with Gasteiger partial charge >= 0.3 is 0 Å². The Labute approximate surface area is 140 Å². The summed E-state index contributed by atoms with van der Waals surface area (Å²) in [5, 5.41) is 2.63. The van der Waals surface area contributed by atoms with E-state index in [1.165, 1.54) is 0 Å². The normalized spacial score (nSPS) is 10.4. The van der Waals surface area contributed by atoms with Crippen molar-refractivity contribution in [3.8, 4) is 17.0 Å². The lowest BCUT2D eigenvalue weighted by Crippen LogP contribution is -2.19. The van der Waals surface area contributed by atoms with Gasteiger partial charge in [0, 0.05) is 18.8 Å². The summed E-state index contributed by atoms with van der Waals surface area (Å²) in [6.07, 6.45) is 3.86. The van der Waals surface area contributed by atoms with Gasteiger partial charge in [0.2, 0.25) is 5.91 Å². The second kappa shape index (κ2) is 7.46.